The molecule has 1 aromatic carbocycles. The Kier molecular flexibility index (Phi) is 9.31. The quantitative estimate of drug-likeness (QED) is 0.338. The van der Waals surface area contributed by atoms with Crippen molar-refractivity contribution in [2.45, 2.75) is 26.0 Å². The van der Waals surface area contributed by atoms with Crippen LogP contribution in [0.4, 0.5) is 0 Å². The van der Waals surface area contributed by atoms with Crippen LogP contribution in [0.2, 0.25) is 0 Å². The van der Waals surface area contributed by atoms with Crippen LogP contribution in [0.3, 0.4) is 0 Å². The number of aromatic nitrogens is 3. The molecule has 0 aliphatic carbocycles. The maximum absolute atomic E-state index is 10.1. The fourth-order valence-electron chi connectivity index (χ4n) is 2.13. The SMILES string of the molecule is CCNC(=NCc1ncnn1C)NCC(O)Cc1ccccc1.I. The average molecular weight is 444 g/mol. The summed E-state index contributed by atoms with van der Waals surface area (Å²) in [5.74, 6) is 1.44. The molecule has 0 bridgehead atoms. The zero-order valence-electron chi connectivity index (χ0n) is 14.0. The number of benzene rings is 1. The average Bonchev–Trinajstić information content (AvgIpc) is 2.96. The highest BCUT2D eigenvalue weighted by atomic mass is 127. The highest BCUT2D eigenvalue weighted by Crippen LogP contribution is 2.02. The smallest absolute Gasteiger partial charge is 0.191 e. The van der Waals surface area contributed by atoms with Gasteiger partial charge in [-0.1, -0.05) is 30.3 Å². The number of nitrogens with zero attached hydrogens (tertiary/aromatic N) is 4. The molecule has 0 aliphatic rings. The first-order valence-corrected chi connectivity index (χ1v) is 7.76. The molecule has 0 saturated carbocycles. The monoisotopic (exact) mass is 444 g/mol. The van der Waals surface area contributed by atoms with E-state index in [1.165, 1.54) is 6.33 Å². The molecule has 8 heteroatoms. The zero-order valence-corrected chi connectivity index (χ0v) is 16.3. The van der Waals surface area contributed by atoms with Crippen molar-refractivity contribution in [1.82, 2.24) is 25.4 Å². The van der Waals surface area contributed by atoms with Crippen LogP contribution in [-0.4, -0.2) is 45.0 Å². The first-order chi connectivity index (χ1) is 11.2. The summed E-state index contributed by atoms with van der Waals surface area (Å²) in [5, 5.41) is 20.5. The van der Waals surface area contributed by atoms with E-state index in [2.05, 4.69) is 25.7 Å². The van der Waals surface area contributed by atoms with E-state index in [1.54, 1.807) is 4.68 Å². The Morgan fingerprint density at radius 3 is 2.67 bits per heavy atom. The molecule has 0 fully saturated rings. The molecule has 132 valence electrons. The largest absolute Gasteiger partial charge is 0.391 e. The summed E-state index contributed by atoms with van der Waals surface area (Å²) in [7, 11) is 1.84. The predicted molar refractivity (Wildman–Crippen MR) is 105 cm³/mol. The Morgan fingerprint density at radius 1 is 1.29 bits per heavy atom. The number of guanidine groups is 1. The lowest BCUT2D eigenvalue weighted by Gasteiger charge is -2.15. The van der Waals surface area contributed by atoms with E-state index in [9.17, 15) is 5.11 Å². The van der Waals surface area contributed by atoms with Gasteiger partial charge in [0, 0.05) is 26.6 Å². The molecule has 0 saturated heterocycles. The minimum absolute atomic E-state index is 0. The molecule has 2 aromatic rings. The molecule has 0 spiro atoms. The lowest BCUT2D eigenvalue weighted by atomic mass is 10.1. The second-order valence-electron chi connectivity index (χ2n) is 5.22. The van der Waals surface area contributed by atoms with Crippen LogP contribution >= 0.6 is 24.0 Å². The molecule has 1 unspecified atom stereocenters. The highest BCUT2D eigenvalue weighted by molar-refractivity contribution is 14.0. The Morgan fingerprint density at radius 2 is 2.04 bits per heavy atom. The van der Waals surface area contributed by atoms with Gasteiger partial charge in [-0.3, -0.25) is 4.68 Å². The Hall–Kier alpha value is -1.68. The van der Waals surface area contributed by atoms with Gasteiger partial charge in [0.15, 0.2) is 5.96 Å². The molecule has 0 amide bonds. The van der Waals surface area contributed by atoms with Gasteiger partial charge in [0.2, 0.25) is 0 Å². The van der Waals surface area contributed by atoms with Crippen molar-refractivity contribution in [3.63, 3.8) is 0 Å². The van der Waals surface area contributed by atoms with Crippen molar-refractivity contribution < 1.29 is 5.11 Å². The molecule has 24 heavy (non-hydrogen) atoms. The Bertz CT molecular complexity index is 616. The van der Waals surface area contributed by atoms with Gasteiger partial charge in [0.05, 0.1) is 6.10 Å². The van der Waals surface area contributed by atoms with Crippen molar-refractivity contribution in [2.24, 2.45) is 12.0 Å². The van der Waals surface area contributed by atoms with Crippen LogP contribution in [0.1, 0.15) is 18.3 Å². The van der Waals surface area contributed by atoms with Gasteiger partial charge in [-0.15, -0.1) is 24.0 Å². The van der Waals surface area contributed by atoms with Crippen LogP contribution in [0.25, 0.3) is 0 Å². The number of rotatable bonds is 7. The third-order valence-corrected chi connectivity index (χ3v) is 3.35. The van der Waals surface area contributed by atoms with Gasteiger partial charge in [-0.25, -0.2) is 9.98 Å². The normalized spacial score (nSPS) is 12.4. The molecule has 1 atom stereocenters. The minimum Gasteiger partial charge on any atom is -0.391 e. The summed E-state index contributed by atoms with van der Waals surface area (Å²) in [4.78, 5) is 8.59. The number of aliphatic hydroxyl groups is 1. The summed E-state index contributed by atoms with van der Waals surface area (Å²) >= 11 is 0. The molecule has 0 radical (unpaired) electrons. The highest BCUT2D eigenvalue weighted by Gasteiger charge is 2.07. The number of nitrogens with one attached hydrogen (secondary N) is 2. The van der Waals surface area contributed by atoms with Crippen LogP contribution in [0.15, 0.2) is 41.7 Å². The third kappa shape index (κ3) is 6.83. The summed E-state index contributed by atoms with van der Waals surface area (Å²) in [5.41, 5.74) is 1.11. The van der Waals surface area contributed by atoms with Crippen molar-refractivity contribution in [1.29, 1.82) is 0 Å². The van der Waals surface area contributed by atoms with Crippen LogP contribution in [0, 0.1) is 0 Å². The minimum atomic E-state index is -0.476. The van der Waals surface area contributed by atoms with Crippen LogP contribution in [0.5, 0.6) is 0 Å². The Labute approximate surface area is 159 Å². The molecule has 1 heterocycles. The molecule has 2 rings (SSSR count). The summed E-state index contributed by atoms with van der Waals surface area (Å²) < 4.78 is 1.69. The van der Waals surface area contributed by atoms with Crippen molar-refractivity contribution in [3.05, 3.63) is 48.0 Å². The lowest BCUT2D eigenvalue weighted by molar-refractivity contribution is 0.177. The first kappa shape index (κ1) is 20.4. The number of hydrogen-bond acceptors (Lipinski definition) is 4. The van der Waals surface area contributed by atoms with E-state index in [-0.39, 0.29) is 24.0 Å². The van der Waals surface area contributed by atoms with Crippen molar-refractivity contribution in [2.75, 3.05) is 13.1 Å². The maximum atomic E-state index is 10.1. The van der Waals surface area contributed by atoms with Crippen LogP contribution < -0.4 is 10.6 Å². The van der Waals surface area contributed by atoms with E-state index >= 15 is 0 Å². The lowest BCUT2D eigenvalue weighted by Crippen LogP contribution is -2.41. The van der Waals surface area contributed by atoms with Crippen molar-refractivity contribution >= 4 is 29.9 Å². The number of aliphatic hydroxyl groups excluding tert-OH is 1. The fraction of sp³-hybridized carbons (Fsp3) is 0.438. The molecular weight excluding hydrogens is 419 g/mol. The number of aliphatic imine (C=N–C) groups is 1. The van der Waals surface area contributed by atoms with Gasteiger partial charge in [-0.05, 0) is 12.5 Å². The van der Waals surface area contributed by atoms with Gasteiger partial charge in [0.1, 0.15) is 18.7 Å². The van der Waals surface area contributed by atoms with Gasteiger partial charge >= 0.3 is 0 Å². The zero-order chi connectivity index (χ0) is 16.5. The van der Waals surface area contributed by atoms with Gasteiger partial charge in [0.25, 0.3) is 0 Å². The van der Waals surface area contributed by atoms with Gasteiger partial charge in [-0.2, -0.15) is 5.10 Å². The second kappa shape index (κ2) is 11.0. The summed E-state index contributed by atoms with van der Waals surface area (Å²) in [6.07, 6.45) is 1.64. The molecule has 7 nitrogen and oxygen atoms in total. The van der Waals surface area contributed by atoms with E-state index in [0.29, 0.717) is 25.5 Å². The summed E-state index contributed by atoms with van der Waals surface area (Å²) in [6.45, 7) is 3.61. The third-order valence-electron chi connectivity index (χ3n) is 3.35. The molecular formula is C16H25IN6O. The standard InChI is InChI=1S/C16H24N6O.HI/c1-3-17-16(19-11-15-20-12-21-22(15)2)18-10-14(23)9-13-7-5-4-6-8-13;/h4-8,12,14,23H,3,9-11H2,1-2H3,(H2,17,18,19);1H. The molecule has 1 aromatic heterocycles. The van der Waals surface area contributed by atoms with Crippen molar-refractivity contribution in [3.8, 4) is 0 Å². The number of aryl methyl sites for hydroxylation is 1. The predicted octanol–water partition coefficient (Wildman–Crippen LogP) is 1.09. The fourth-order valence-corrected chi connectivity index (χ4v) is 2.13. The van der Waals surface area contributed by atoms with Crippen LogP contribution in [-0.2, 0) is 20.0 Å². The Balaban J connectivity index is 0.00000288. The van der Waals surface area contributed by atoms with Gasteiger partial charge < -0.3 is 15.7 Å². The topological polar surface area (TPSA) is 87.4 Å². The molecule has 3 N–H and O–H groups in total. The maximum Gasteiger partial charge on any atom is 0.191 e. The number of hydrogen-bond donors (Lipinski definition) is 3. The number of halogens is 1. The van der Waals surface area contributed by atoms with E-state index < -0.39 is 6.10 Å². The first-order valence-electron chi connectivity index (χ1n) is 7.76. The second-order valence-corrected chi connectivity index (χ2v) is 5.22. The van der Waals surface area contributed by atoms with E-state index in [4.69, 9.17) is 0 Å². The molecule has 0 aliphatic heterocycles. The van der Waals surface area contributed by atoms with E-state index in [1.807, 2.05) is 44.3 Å². The van der Waals surface area contributed by atoms with E-state index in [0.717, 1.165) is 17.9 Å². The summed E-state index contributed by atoms with van der Waals surface area (Å²) in [6, 6.07) is 9.94.